The van der Waals surface area contributed by atoms with Gasteiger partial charge in [0.15, 0.2) is 0 Å². The molecule has 3 atom stereocenters. The molecular formula is C37H42N2O3. The van der Waals surface area contributed by atoms with E-state index in [0.29, 0.717) is 18.8 Å². The molecule has 1 aliphatic carbocycles. The first-order valence-electron chi connectivity index (χ1n) is 15.0. The summed E-state index contributed by atoms with van der Waals surface area (Å²) in [4.78, 5) is 29.5. The van der Waals surface area contributed by atoms with Crippen LogP contribution in [-0.4, -0.2) is 28.4 Å². The molecule has 0 N–H and O–H groups in total. The lowest BCUT2D eigenvalue weighted by Crippen LogP contribution is -2.50. The zero-order valence-corrected chi connectivity index (χ0v) is 25.2. The van der Waals surface area contributed by atoms with Gasteiger partial charge in [0, 0.05) is 12.3 Å². The van der Waals surface area contributed by atoms with E-state index in [1.165, 1.54) is 0 Å². The number of carbonyl (C=O) groups excluding carboxylic acids is 2. The Morgan fingerprint density at radius 3 is 1.79 bits per heavy atom. The molecule has 1 fully saturated rings. The van der Waals surface area contributed by atoms with Crippen LogP contribution >= 0.6 is 0 Å². The highest BCUT2D eigenvalue weighted by Gasteiger charge is 2.52. The molecule has 5 heteroatoms. The number of esters is 1. The SMILES string of the molecule is C/C=C/CCC(=O)C(=[N+]=[N-])C(=O)O[C@@H]1CC[C@@H](C(C)(C)C)C[C@H]1C(c1ccccc1)(c1ccccc1)c1ccccc1. The second-order valence-electron chi connectivity index (χ2n) is 12.3. The monoisotopic (exact) mass is 562 g/mol. The molecule has 218 valence electrons. The number of rotatable bonds is 10. The van der Waals surface area contributed by atoms with Crippen molar-refractivity contribution in [3.8, 4) is 0 Å². The number of benzene rings is 3. The third-order valence-corrected chi connectivity index (χ3v) is 8.84. The van der Waals surface area contributed by atoms with Gasteiger partial charge in [-0.25, -0.2) is 4.79 Å². The van der Waals surface area contributed by atoms with E-state index in [0.717, 1.165) is 29.5 Å². The number of carbonyl (C=O) groups is 2. The molecule has 0 unspecified atom stereocenters. The largest absolute Gasteiger partial charge is 0.453 e. The van der Waals surface area contributed by atoms with Crippen LogP contribution < -0.4 is 0 Å². The van der Waals surface area contributed by atoms with E-state index in [1.807, 2.05) is 37.3 Å². The summed E-state index contributed by atoms with van der Waals surface area (Å²) in [7, 11) is 0. The Kier molecular flexibility index (Phi) is 10.1. The van der Waals surface area contributed by atoms with Crippen molar-refractivity contribution in [1.82, 2.24) is 0 Å². The topological polar surface area (TPSA) is 79.8 Å². The van der Waals surface area contributed by atoms with Crippen LogP contribution in [-0.2, 0) is 19.7 Å². The van der Waals surface area contributed by atoms with Crippen LogP contribution in [0.25, 0.3) is 5.53 Å². The standard InChI is InChI=1S/C37H42N2O3/c1-5-6-10-23-32(40)34(39-38)35(41)42-33-25-24-30(36(2,3)4)26-31(33)37(27-17-11-7-12-18-27,28-19-13-8-14-20-28)29-21-15-9-16-22-29/h5-9,11-22,30-31,33H,10,23-26H2,1-4H3/b6-5+/t30-,31-,33-/m1/s1. The third kappa shape index (κ3) is 6.53. The summed E-state index contributed by atoms with van der Waals surface area (Å²) in [5.41, 5.74) is 11.9. The average molecular weight is 563 g/mol. The predicted molar refractivity (Wildman–Crippen MR) is 167 cm³/mol. The Balaban J connectivity index is 1.89. The Hall–Kier alpha value is -4.08. The number of hydrogen-bond acceptors (Lipinski definition) is 3. The minimum Gasteiger partial charge on any atom is -0.453 e. The molecule has 0 aliphatic heterocycles. The summed E-state index contributed by atoms with van der Waals surface area (Å²) in [6, 6.07) is 31.3. The van der Waals surface area contributed by atoms with Gasteiger partial charge >= 0.3 is 11.7 Å². The van der Waals surface area contributed by atoms with Crippen molar-refractivity contribution in [3.05, 3.63) is 125 Å². The number of hydrogen-bond donors (Lipinski definition) is 0. The summed E-state index contributed by atoms with van der Waals surface area (Å²) in [5.74, 6) is -1.18. The lowest BCUT2D eigenvalue weighted by molar-refractivity contribution is -0.154. The number of ether oxygens (including phenoxy) is 1. The van der Waals surface area contributed by atoms with Crippen LogP contribution in [0.2, 0.25) is 0 Å². The first-order valence-corrected chi connectivity index (χ1v) is 15.0. The normalized spacial score (nSPS) is 19.2. The van der Waals surface area contributed by atoms with E-state index in [-0.39, 0.29) is 17.8 Å². The van der Waals surface area contributed by atoms with Crippen molar-refractivity contribution in [3.63, 3.8) is 0 Å². The maximum Gasteiger partial charge on any atom is 0.441 e. The second-order valence-corrected chi connectivity index (χ2v) is 12.3. The maximum absolute atomic E-state index is 13.5. The average Bonchev–Trinajstić information content (AvgIpc) is 3.00. The zero-order chi connectivity index (χ0) is 30.2. The van der Waals surface area contributed by atoms with Crippen LogP contribution in [0.4, 0.5) is 0 Å². The second kappa shape index (κ2) is 13.7. The molecule has 1 aliphatic rings. The fourth-order valence-corrected chi connectivity index (χ4v) is 6.67. The van der Waals surface area contributed by atoms with Gasteiger partial charge in [-0.05, 0) is 60.6 Å². The van der Waals surface area contributed by atoms with Crippen LogP contribution in [0.5, 0.6) is 0 Å². The van der Waals surface area contributed by atoms with Crippen molar-refractivity contribution in [2.24, 2.45) is 17.3 Å². The summed E-state index contributed by atoms with van der Waals surface area (Å²) in [6.45, 7) is 8.69. The Morgan fingerprint density at radius 1 is 0.857 bits per heavy atom. The van der Waals surface area contributed by atoms with E-state index in [9.17, 15) is 15.1 Å². The van der Waals surface area contributed by atoms with E-state index in [4.69, 9.17) is 4.74 Å². The molecule has 0 bridgehead atoms. The molecule has 3 aromatic rings. The highest BCUT2D eigenvalue weighted by molar-refractivity contribution is 6.62. The van der Waals surface area contributed by atoms with Crippen molar-refractivity contribution in [1.29, 1.82) is 0 Å². The van der Waals surface area contributed by atoms with Crippen LogP contribution in [0.3, 0.4) is 0 Å². The van der Waals surface area contributed by atoms with E-state index < -0.39 is 29.0 Å². The van der Waals surface area contributed by atoms with Gasteiger partial charge < -0.3 is 10.3 Å². The summed E-state index contributed by atoms with van der Waals surface area (Å²) in [5, 5.41) is 0. The zero-order valence-electron chi connectivity index (χ0n) is 25.2. The van der Waals surface area contributed by atoms with Gasteiger partial charge in [0.25, 0.3) is 5.78 Å². The molecule has 0 saturated heterocycles. The molecule has 5 nitrogen and oxygen atoms in total. The minimum absolute atomic E-state index is 0.0451. The van der Waals surface area contributed by atoms with E-state index >= 15 is 0 Å². The molecule has 0 spiro atoms. The van der Waals surface area contributed by atoms with Crippen molar-refractivity contribution >= 4 is 17.5 Å². The fourth-order valence-electron chi connectivity index (χ4n) is 6.67. The lowest BCUT2D eigenvalue weighted by atomic mass is 9.54. The van der Waals surface area contributed by atoms with Gasteiger partial charge in [0.05, 0.1) is 5.41 Å². The molecule has 0 radical (unpaired) electrons. The smallest absolute Gasteiger partial charge is 0.441 e. The summed E-state index contributed by atoms with van der Waals surface area (Å²) in [6.07, 6.45) is 6.02. The highest BCUT2D eigenvalue weighted by Crippen LogP contribution is 2.54. The minimum atomic E-state index is -0.865. The number of ketones is 1. The molecule has 0 heterocycles. The first kappa shape index (κ1) is 30.9. The highest BCUT2D eigenvalue weighted by atomic mass is 16.5. The van der Waals surface area contributed by atoms with Crippen LogP contribution in [0.1, 0.15) is 76.5 Å². The number of Topliss-reactive ketones (excluding diaryl/α,β-unsaturated/α-hetero) is 1. The molecule has 42 heavy (non-hydrogen) atoms. The van der Waals surface area contributed by atoms with E-state index in [1.54, 1.807) is 0 Å². The van der Waals surface area contributed by atoms with Crippen molar-refractivity contribution in [2.75, 3.05) is 0 Å². The van der Waals surface area contributed by atoms with Crippen LogP contribution in [0, 0.1) is 17.3 Å². The van der Waals surface area contributed by atoms with Crippen molar-refractivity contribution < 1.29 is 19.1 Å². The maximum atomic E-state index is 13.5. The number of allylic oxidation sites excluding steroid dienone is 2. The quantitative estimate of drug-likeness (QED) is 0.0478. The van der Waals surface area contributed by atoms with Gasteiger partial charge in [0.1, 0.15) is 6.10 Å². The fraction of sp³-hybridized carbons (Fsp3) is 0.378. The molecule has 0 amide bonds. The Bertz CT molecular complexity index is 1320. The first-order chi connectivity index (χ1) is 20.2. The number of nitrogens with zero attached hydrogens (tertiary/aromatic N) is 2. The predicted octanol–water partition coefficient (Wildman–Crippen LogP) is 7.99. The lowest BCUT2D eigenvalue weighted by Gasteiger charge is -2.51. The molecule has 3 aromatic carbocycles. The molecular weight excluding hydrogens is 520 g/mol. The van der Waals surface area contributed by atoms with Gasteiger partial charge in [-0.3, -0.25) is 4.79 Å². The van der Waals surface area contributed by atoms with Gasteiger partial charge in [0.2, 0.25) is 0 Å². The summed E-state index contributed by atoms with van der Waals surface area (Å²) < 4.78 is 6.25. The van der Waals surface area contributed by atoms with Gasteiger partial charge in [-0.15, -0.1) is 0 Å². The Morgan fingerprint density at radius 2 is 1.36 bits per heavy atom. The molecule has 1 saturated carbocycles. The summed E-state index contributed by atoms with van der Waals surface area (Å²) >= 11 is 0. The molecule has 4 rings (SSSR count). The third-order valence-electron chi connectivity index (χ3n) is 8.84. The van der Waals surface area contributed by atoms with E-state index in [2.05, 4.69) is 98.4 Å². The Labute approximate surface area is 250 Å². The molecule has 0 aromatic heterocycles. The van der Waals surface area contributed by atoms with Gasteiger partial charge in [-0.1, -0.05) is 124 Å². The van der Waals surface area contributed by atoms with Crippen LogP contribution in [0.15, 0.2) is 103 Å². The van der Waals surface area contributed by atoms with Gasteiger partial charge in [-0.2, -0.15) is 4.79 Å². The van der Waals surface area contributed by atoms with Crippen molar-refractivity contribution in [2.45, 2.75) is 71.3 Å².